The number of carbonyl (C=O) groups is 1. The summed E-state index contributed by atoms with van der Waals surface area (Å²) >= 11 is 0. The predicted octanol–water partition coefficient (Wildman–Crippen LogP) is 1.98. The fraction of sp³-hybridized carbons (Fsp3) is 0.533. The van der Waals surface area contributed by atoms with Crippen LogP contribution in [0, 0.1) is 5.92 Å². The lowest BCUT2D eigenvalue weighted by molar-refractivity contribution is -0.127. The number of benzene rings is 1. The van der Waals surface area contributed by atoms with E-state index in [4.69, 9.17) is 4.74 Å². The highest BCUT2D eigenvalue weighted by Gasteiger charge is 2.16. The van der Waals surface area contributed by atoms with Gasteiger partial charge in [0.1, 0.15) is 5.75 Å². The van der Waals surface area contributed by atoms with Gasteiger partial charge in [0.25, 0.3) is 5.91 Å². The zero-order valence-corrected chi connectivity index (χ0v) is 11.8. The van der Waals surface area contributed by atoms with Crippen molar-refractivity contribution in [2.24, 2.45) is 5.92 Å². The molecule has 0 aliphatic rings. The number of carbonyl (C=O) groups excluding carboxylic acids is 1. The van der Waals surface area contributed by atoms with Gasteiger partial charge in [-0.3, -0.25) is 4.79 Å². The molecule has 1 rings (SSSR count). The van der Waals surface area contributed by atoms with E-state index >= 15 is 0 Å². The normalized spacial score (nSPS) is 13.9. The molecule has 19 heavy (non-hydrogen) atoms. The molecule has 0 bridgehead atoms. The first-order chi connectivity index (χ1) is 8.99. The van der Waals surface area contributed by atoms with Crippen LogP contribution in [-0.4, -0.2) is 29.8 Å². The highest BCUT2D eigenvalue weighted by molar-refractivity contribution is 5.80. The van der Waals surface area contributed by atoms with Crippen LogP contribution in [0.25, 0.3) is 0 Å². The van der Waals surface area contributed by atoms with E-state index in [-0.39, 0.29) is 12.5 Å². The Morgan fingerprint density at radius 3 is 2.47 bits per heavy atom. The third-order valence-electron chi connectivity index (χ3n) is 2.68. The second kappa shape index (κ2) is 7.79. The van der Waals surface area contributed by atoms with Gasteiger partial charge in [0.2, 0.25) is 0 Å². The molecule has 2 unspecified atom stereocenters. The number of ether oxygens (including phenoxy) is 1. The fourth-order valence-electron chi connectivity index (χ4n) is 1.75. The Bertz CT molecular complexity index is 378. The first-order valence-corrected chi connectivity index (χ1v) is 6.66. The van der Waals surface area contributed by atoms with Crippen LogP contribution in [-0.2, 0) is 4.79 Å². The molecule has 106 valence electrons. The minimum absolute atomic E-state index is 0.216. The van der Waals surface area contributed by atoms with Gasteiger partial charge in [-0.2, -0.15) is 0 Å². The summed E-state index contributed by atoms with van der Waals surface area (Å²) in [5.74, 6) is 0.851. The van der Waals surface area contributed by atoms with Crippen molar-refractivity contribution in [2.75, 3.05) is 6.54 Å². The molecule has 0 aromatic heterocycles. The number of aliphatic hydroxyl groups excluding tert-OH is 1. The van der Waals surface area contributed by atoms with Crippen molar-refractivity contribution in [1.29, 1.82) is 0 Å². The van der Waals surface area contributed by atoms with Crippen LogP contribution in [0.4, 0.5) is 0 Å². The quantitative estimate of drug-likeness (QED) is 0.792. The third kappa shape index (κ3) is 6.25. The molecule has 2 atom stereocenters. The van der Waals surface area contributed by atoms with Crippen molar-refractivity contribution in [2.45, 2.75) is 39.4 Å². The van der Waals surface area contributed by atoms with Crippen molar-refractivity contribution in [3.63, 3.8) is 0 Å². The van der Waals surface area contributed by atoms with Gasteiger partial charge in [-0.25, -0.2) is 0 Å². The molecule has 4 nitrogen and oxygen atoms in total. The fourth-order valence-corrected chi connectivity index (χ4v) is 1.75. The molecule has 0 heterocycles. The van der Waals surface area contributed by atoms with E-state index in [1.54, 1.807) is 19.1 Å². The Kier molecular flexibility index (Phi) is 6.36. The average molecular weight is 265 g/mol. The van der Waals surface area contributed by atoms with E-state index in [2.05, 4.69) is 5.32 Å². The summed E-state index contributed by atoms with van der Waals surface area (Å²) in [6.45, 7) is 6.02. The Labute approximate surface area is 114 Å². The average Bonchev–Trinajstić information content (AvgIpc) is 2.36. The molecular formula is C15H23NO3. The zero-order chi connectivity index (χ0) is 14.3. The molecule has 0 fully saturated rings. The topological polar surface area (TPSA) is 58.6 Å². The van der Waals surface area contributed by atoms with Crippen LogP contribution < -0.4 is 10.1 Å². The van der Waals surface area contributed by atoms with E-state index in [1.807, 2.05) is 32.0 Å². The molecule has 4 heteroatoms. The number of hydrogen-bond donors (Lipinski definition) is 2. The highest BCUT2D eigenvalue weighted by Crippen LogP contribution is 2.10. The lowest BCUT2D eigenvalue weighted by Crippen LogP contribution is -2.40. The highest BCUT2D eigenvalue weighted by atomic mass is 16.5. The second-order valence-electron chi connectivity index (χ2n) is 5.10. The van der Waals surface area contributed by atoms with Crippen molar-refractivity contribution in [3.05, 3.63) is 30.3 Å². The summed E-state index contributed by atoms with van der Waals surface area (Å²) in [5.41, 5.74) is 0. The first kappa shape index (κ1) is 15.5. The molecule has 0 saturated heterocycles. The SMILES string of the molecule is CC(C)CC(O)CNC(=O)C(C)Oc1ccccc1. The molecule has 0 saturated carbocycles. The van der Waals surface area contributed by atoms with Gasteiger partial charge in [0, 0.05) is 6.54 Å². The maximum Gasteiger partial charge on any atom is 0.260 e. The lowest BCUT2D eigenvalue weighted by atomic mass is 10.1. The Hall–Kier alpha value is -1.55. The maximum atomic E-state index is 11.8. The summed E-state index contributed by atoms with van der Waals surface area (Å²) in [6.07, 6.45) is -0.407. The van der Waals surface area contributed by atoms with Gasteiger partial charge in [-0.15, -0.1) is 0 Å². The number of rotatable bonds is 7. The van der Waals surface area contributed by atoms with E-state index in [1.165, 1.54) is 0 Å². The van der Waals surface area contributed by atoms with Crippen LogP contribution in [0.1, 0.15) is 27.2 Å². The summed E-state index contributed by atoms with van der Waals surface area (Å²) in [6, 6.07) is 9.20. The van der Waals surface area contributed by atoms with Gasteiger partial charge in [0.15, 0.2) is 6.10 Å². The molecule has 1 aromatic rings. The Morgan fingerprint density at radius 1 is 1.26 bits per heavy atom. The molecule has 0 aliphatic carbocycles. The standard InChI is InChI=1S/C15H23NO3/c1-11(2)9-13(17)10-16-15(18)12(3)19-14-7-5-4-6-8-14/h4-8,11-13,17H,9-10H2,1-3H3,(H,16,18). The smallest absolute Gasteiger partial charge is 0.260 e. The van der Waals surface area contributed by atoms with Crippen molar-refractivity contribution in [1.82, 2.24) is 5.32 Å². The van der Waals surface area contributed by atoms with E-state index in [9.17, 15) is 9.90 Å². The number of aliphatic hydroxyl groups is 1. The van der Waals surface area contributed by atoms with Gasteiger partial charge in [-0.05, 0) is 31.4 Å². The molecule has 1 amide bonds. The molecule has 0 radical (unpaired) electrons. The molecule has 0 aliphatic heterocycles. The third-order valence-corrected chi connectivity index (χ3v) is 2.68. The van der Waals surface area contributed by atoms with Gasteiger partial charge < -0.3 is 15.2 Å². The van der Waals surface area contributed by atoms with Crippen LogP contribution in [0.5, 0.6) is 5.75 Å². The summed E-state index contributed by atoms with van der Waals surface area (Å²) in [5, 5.41) is 12.4. The van der Waals surface area contributed by atoms with E-state index < -0.39 is 12.2 Å². The van der Waals surface area contributed by atoms with Gasteiger partial charge in [0.05, 0.1) is 6.10 Å². The van der Waals surface area contributed by atoms with Crippen LogP contribution in [0.15, 0.2) is 30.3 Å². The van der Waals surface area contributed by atoms with Crippen molar-refractivity contribution in [3.8, 4) is 5.75 Å². The Morgan fingerprint density at radius 2 is 1.89 bits per heavy atom. The molecule has 1 aromatic carbocycles. The predicted molar refractivity (Wildman–Crippen MR) is 75.0 cm³/mol. The first-order valence-electron chi connectivity index (χ1n) is 6.66. The summed E-state index contributed by atoms with van der Waals surface area (Å²) in [4.78, 5) is 11.8. The molecule has 2 N–H and O–H groups in total. The number of nitrogens with one attached hydrogen (secondary N) is 1. The number of hydrogen-bond acceptors (Lipinski definition) is 3. The van der Waals surface area contributed by atoms with Crippen molar-refractivity contribution >= 4 is 5.91 Å². The van der Waals surface area contributed by atoms with Gasteiger partial charge >= 0.3 is 0 Å². The number of para-hydroxylation sites is 1. The molecule has 0 spiro atoms. The van der Waals surface area contributed by atoms with Crippen molar-refractivity contribution < 1.29 is 14.6 Å². The van der Waals surface area contributed by atoms with Crippen LogP contribution in [0.2, 0.25) is 0 Å². The largest absolute Gasteiger partial charge is 0.481 e. The second-order valence-corrected chi connectivity index (χ2v) is 5.10. The molecular weight excluding hydrogens is 242 g/mol. The lowest BCUT2D eigenvalue weighted by Gasteiger charge is -2.17. The Balaban J connectivity index is 2.33. The van der Waals surface area contributed by atoms with E-state index in [0.717, 1.165) is 0 Å². The zero-order valence-electron chi connectivity index (χ0n) is 11.8. The minimum atomic E-state index is -0.575. The summed E-state index contributed by atoms with van der Waals surface area (Å²) in [7, 11) is 0. The maximum absolute atomic E-state index is 11.8. The minimum Gasteiger partial charge on any atom is -0.481 e. The van der Waals surface area contributed by atoms with Crippen LogP contribution >= 0.6 is 0 Å². The van der Waals surface area contributed by atoms with E-state index in [0.29, 0.717) is 18.1 Å². The number of amides is 1. The van der Waals surface area contributed by atoms with Crippen LogP contribution in [0.3, 0.4) is 0 Å². The monoisotopic (exact) mass is 265 g/mol. The van der Waals surface area contributed by atoms with Gasteiger partial charge in [-0.1, -0.05) is 32.0 Å². The summed E-state index contributed by atoms with van der Waals surface area (Å²) < 4.78 is 5.50.